The third-order valence-corrected chi connectivity index (χ3v) is 9.24. The lowest BCUT2D eigenvalue weighted by atomic mass is 9.51. The number of aliphatic hydroxyl groups excluding tert-OH is 1. The fourth-order valence-electron chi connectivity index (χ4n) is 7.04. The van der Waals surface area contributed by atoms with Gasteiger partial charge in [0.15, 0.2) is 0 Å². The Bertz CT molecular complexity index is 933. The van der Waals surface area contributed by atoms with E-state index in [0.29, 0.717) is 11.1 Å². The van der Waals surface area contributed by atoms with Crippen molar-refractivity contribution >= 4 is 11.8 Å². The highest BCUT2D eigenvalue weighted by atomic mass is 16.3. The van der Waals surface area contributed by atoms with Crippen LogP contribution in [-0.2, 0) is 4.79 Å². The second-order valence-corrected chi connectivity index (χ2v) is 11.3. The number of amides is 2. The van der Waals surface area contributed by atoms with Crippen molar-refractivity contribution < 1.29 is 14.7 Å². The minimum atomic E-state index is -0.562. The van der Waals surface area contributed by atoms with Crippen LogP contribution in [0.3, 0.4) is 0 Å². The first kappa shape index (κ1) is 24.7. The van der Waals surface area contributed by atoms with Crippen molar-refractivity contribution in [2.24, 2.45) is 29.1 Å². The van der Waals surface area contributed by atoms with Crippen LogP contribution >= 0.6 is 0 Å². The summed E-state index contributed by atoms with van der Waals surface area (Å²) in [6.07, 6.45) is 7.61. The van der Waals surface area contributed by atoms with Gasteiger partial charge in [0.1, 0.15) is 0 Å². The molecule has 1 aromatic rings. The molecule has 3 aliphatic carbocycles. The molecule has 0 aromatic heterocycles. The van der Waals surface area contributed by atoms with Crippen molar-refractivity contribution in [3.05, 3.63) is 35.4 Å². The van der Waals surface area contributed by atoms with Gasteiger partial charge in [-0.1, -0.05) is 33.6 Å². The molecule has 0 heterocycles. The highest BCUT2D eigenvalue weighted by molar-refractivity contribution is 5.94. The van der Waals surface area contributed by atoms with E-state index in [1.807, 2.05) is 6.92 Å². The maximum absolute atomic E-state index is 13.0. The zero-order valence-electron chi connectivity index (χ0n) is 20.7. The van der Waals surface area contributed by atoms with Gasteiger partial charge in [-0.15, -0.1) is 0 Å². The summed E-state index contributed by atoms with van der Waals surface area (Å²) >= 11 is 0. The minimum absolute atomic E-state index is 0.0205. The van der Waals surface area contributed by atoms with E-state index in [9.17, 15) is 14.7 Å². The molecule has 184 valence electrons. The number of hydrogen-bond acceptors (Lipinski definition) is 4. The number of nitrogens with zero attached hydrogens (tertiary/aromatic N) is 1. The Hall–Kier alpha value is -2.39. The molecule has 6 heteroatoms. The third-order valence-electron chi connectivity index (χ3n) is 9.24. The molecule has 0 unspecified atom stereocenters. The van der Waals surface area contributed by atoms with E-state index in [2.05, 4.69) is 30.6 Å². The van der Waals surface area contributed by atoms with Gasteiger partial charge in [0.05, 0.1) is 17.7 Å². The number of fused-ring (bicyclic) bond motifs is 1. The van der Waals surface area contributed by atoms with Gasteiger partial charge >= 0.3 is 0 Å². The van der Waals surface area contributed by atoms with Gasteiger partial charge in [0.2, 0.25) is 5.91 Å². The summed E-state index contributed by atoms with van der Waals surface area (Å²) in [5.41, 5.74) is 1.09. The first-order chi connectivity index (χ1) is 16.2. The maximum Gasteiger partial charge on any atom is 0.251 e. The number of nitrogens with one attached hydrogen (secondary N) is 2. The Morgan fingerprint density at radius 1 is 1.09 bits per heavy atom. The van der Waals surface area contributed by atoms with Gasteiger partial charge in [0, 0.05) is 23.6 Å². The first-order valence-corrected chi connectivity index (χ1v) is 13.0. The summed E-state index contributed by atoms with van der Waals surface area (Å²) < 4.78 is 0. The Morgan fingerprint density at radius 2 is 1.74 bits per heavy atom. The van der Waals surface area contributed by atoms with Crippen molar-refractivity contribution in [3.8, 4) is 6.07 Å². The number of carbonyl (C=O) groups is 2. The van der Waals surface area contributed by atoms with E-state index < -0.39 is 6.10 Å². The summed E-state index contributed by atoms with van der Waals surface area (Å²) in [4.78, 5) is 25.9. The van der Waals surface area contributed by atoms with Crippen molar-refractivity contribution in [1.29, 1.82) is 5.26 Å². The summed E-state index contributed by atoms with van der Waals surface area (Å²) in [7, 11) is 0. The van der Waals surface area contributed by atoms with Crippen LogP contribution in [0.4, 0.5) is 0 Å². The molecular weight excluding hydrogens is 426 g/mol. The molecule has 6 nitrogen and oxygen atoms in total. The number of aliphatic hydroxyl groups is 1. The quantitative estimate of drug-likeness (QED) is 0.607. The van der Waals surface area contributed by atoms with Gasteiger partial charge in [0.25, 0.3) is 5.91 Å². The molecule has 3 fully saturated rings. The molecule has 3 aliphatic rings. The monoisotopic (exact) mass is 465 g/mol. The summed E-state index contributed by atoms with van der Waals surface area (Å²) in [6.45, 7) is 6.38. The van der Waals surface area contributed by atoms with Crippen LogP contribution in [-0.4, -0.2) is 35.1 Å². The summed E-state index contributed by atoms with van der Waals surface area (Å²) in [5, 5.41) is 27.0. The molecule has 0 saturated heterocycles. The van der Waals surface area contributed by atoms with Crippen LogP contribution in [0, 0.1) is 40.4 Å². The number of carbonyl (C=O) groups excluding carboxylic acids is 2. The van der Waals surface area contributed by atoms with Crippen molar-refractivity contribution in [3.63, 3.8) is 0 Å². The number of hydrogen-bond donors (Lipinski definition) is 3. The summed E-state index contributed by atoms with van der Waals surface area (Å²) in [5.74, 6) is -0.211. The van der Waals surface area contributed by atoms with Crippen LogP contribution in [0.25, 0.3) is 0 Å². The zero-order chi connectivity index (χ0) is 24.5. The number of nitriles is 1. The highest BCUT2D eigenvalue weighted by Gasteiger charge is 2.54. The molecule has 0 spiro atoms. The molecular formula is C28H39N3O3. The molecule has 7 atom stereocenters. The largest absolute Gasteiger partial charge is 0.392 e. The lowest BCUT2D eigenvalue weighted by Gasteiger charge is -2.56. The average molecular weight is 466 g/mol. The predicted octanol–water partition coefficient (Wildman–Crippen LogP) is 4.17. The predicted molar refractivity (Wildman–Crippen MR) is 131 cm³/mol. The standard InChI is InChI=1S/C28H39N3O3/c1-17(26(33)30-21-6-4-5-7-21)22-12-14-28(3)15-13-23(18(2)24(28)25(22)32)31-27(34)20-10-8-19(16-29)9-11-20/h8-11,17-18,21-25,32H,4-7,12-15H2,1-3H3,(H,30,33)(H,31,34)/t17-,18+,22-,23-,24+,25-,28-/m0/s1. The van der Waals surface area contributed by atoms with Crippen LogP contribution in [0.15, 0.2) is 24.3 Å². The molecule has 1 aromatic carbocycles. The Balaban J connectivity index is 1.44. The molecule has 0 bridgehead atoms. The van der Waals surface area contributed by atoms with E-state index in [4.69, 9.17) is 5.26 Å². The van der Waals surface area contributed by atoms with Gasteiger partial charge < -0.3 is 15.7 Å². The van der Waals surface area contributed by atoms with Crippen molar-refractivity contribution in [1.82, 2.24) is 10.6 Å². The van der Waals surface area contributed by atoms with Gasteiger partial charge in [-0.25, -0.2) is 0 Å². The first-order valence-electron chi connectivity index (χ1n) is 13.0. The van der Waals surface area contributed by atoms with Gasteiger partial charge in [-0.2, -0.15) is 5.26 Å². The van der Waals surface area contributed by atoms with Crippen molar-refractivity contribution in [2.45, 2.75) is 90.3 Å². The fourth-order valence-corrected chi connectivity index (χ4v) is 7.04. The third kappa shape index (κ3) is 4.86. The lowest BCUT2D eigenvalue weighted by molar-refractivity contribution is -0.142. The average Bonchev–Trinajstić information content (AvgIpc) is 3.33. The van der Waals surface area contributed by atoms with E-state index in [-0.39, 0.29) is 53.0 Å². The minimum Gasteiger partial charge on any atom is -0.392 e. The summed E-state index contributed by atoms with van der Waals surface area (Å²) in [6, 6.07) is 9.01. The molecule has 0 aliphatic heterocycles. The van der Waals surface area contributed by atoms with Gasteiger partial charge in [-0.05, 0) is 86.0 Å². The van der Waals surface area contributed by atoms with Crippen LogP contribution < -0.4 is 10.6 Å². The number of benzene rings is 1. The topological polar surface area (TPSA) is 102 Å². The molecule has 4 rings (SSSR count). The Morgan fingerprint density at radius 3 is 2.38 bits per heavy atom. The van der Waals surface area contributed by atoms with Crippen molar-refractivity contribution in [2.75, 3.05) is 0 Å². The molecule has 2 amide bonds. The highest BCUT2D eigenvalue weighted by Crippen LogP contribution is 2.55. The van der Waals surface area contributed by atoms with E-state index in [1.165, 1.54) is 12.8 Å². The molecule has 3 saturated carbocycles. The Kier molecular flexibility index (Phi) is 7.33. The second-order valence-electron chi connectivity index (χ2n) is 11.3. The van der Waals surface area contributed by atoms with Crippen LogP contribution in [0.2, 0.25) is 0 Å². The van der Waals surface area contributed by atoms with Crippen LogP contribution in [0.5, 0.6) is 0 Å². The number of rotatable bonds is 5. The second kappa shape index (κ2) is 10.1. The SMILES string of the molecule is C[C@H]1[C@@H]2[C@@H](O)[C@H]([C@H](C)C(=O)NC3CCCC3)CC[C@@]2(C)CC[C@@H]1NC(=O)c1ccc(C#N)cc1. The Labute approximate surface area is 203 Å². The molecule has 3 N–H and O–H groups in total. The van der Waals surface area contributed by atoms with E-state index in [0.717, 1.165) is 38.5 Å². The normalized spacial score (nSPS) is 34.5. The maximum atomic E-state index is 13.0. The van der Waals surface area contributed by atoms with E-state index in [1.54, 1.807) is 24.3 Å². The smallest absolute Gasteiger partial charge is 0.251 e. The molecule has 0 radical (unpaired) electrons. The molecule has 34 heavy (non-hydrogen) atoms. The van der Waals surface area contributed by atoms with Gasteiger partial charge in [-0.3, -0.25) is 9.59 Å². The lowest BCUT2D eigenvalue weighted by Crippen LogP contribution is -2.58. The van der Waals surface area contributed by atoms with E-state index >= 15 is 0 Å². The fraction of sp³-hybridized carbons (Fsp3) is 0.679. The van der Waals surface area contributed by atoms with Crippen LogP contribution in [0.1, 0.15) is 88.1 Å². The zero-order valence-corrected chi connectivity index (χ0v) is 20.7.